The van der Waals surface area contributed by atoms with E-state index in [1.165, 1.54) is 5.56 Å². The topological polar surface area (TPSA) is 87.6 Å². The van der Waals surface area contributed by atoms with Crippen molar-refractivity contribution < 1.29 is 9.53 Å². The van der Waals surface area contributed by atoms with Gasteiger partial charge in [-0.2, -0.15) is 0 Å². The predicted molar refractivity (Wildman–Crippen MR) is 124 cm³/mol. The minimum Gasteiger partial charge on any atom is -0.496 e. The Morgan fingerprint density at radius 2 is 2.07 bits per heavy atom. The van der Waals surface area contributed by atoms with Gasteiger partial charge in [0.1, 0.15) is 12.3 Å². The number of ether oxygens (including phenoxy) is 1. The fourth-order valence-electron chi connectivity index (χ4n) is 2.47. The molecule has 0 fully saturated rings. The first-order valence-electron chi connectivity index (χ1n) is 8.98. The Hall–Kier alpha value is -2.36. The van der Waals surface area contributed by atoms with Crippen molar-refractivity contribution in [3.05, 3.63) is 53.9 Å². The number of methoxy groups -OCH3 is 1. The average Bonchev–Trinajstić information content (AvgIpc) is 2.68. The van der Waals surface area contributed by atoms with Crippen LogP contribution in [0.5, 0.6) is 5.75 Å². The average molecular weight is 497 g/mol. The minimum absolute atomic E-state index is 0. The molecule has 0 aliphatic rings. The summed E-state index contributed by atoms with van der Waals surface area (Å²) in [5.74, 6) is 1.31. The molecule has 0 bridgehead atoms. The molecule has 7 nitrogen and oxygen atoms in total. The van der Waals surface area contributed by atoms with E-state index in [1.54, 1.807) is 31.6 Å². The number of guanidine groups is 1. The van der Waals surface area contributed by atoms with Crippen LogP contribution < -0.4 is 20.7 Å². The van der Waals surface area contributed by atoms with Crippen molar-refractivity contribution in [1.82, 2.24) is 15.6 Å². The normalized spacial score (nSPS) is 10.6. The van der Waals surface area contributed by atoms with Gasteiger partial charge in [0, 0.05) is 19.3 Å². The smallest absolute Gasteiger partial charge is 0.246 e. The van der Waals surface area contributed by atoms with Crippen molar-refractivity contribution >= 4 is 41.5 Å². The van der Waals surface area contributed by atoms with Gasteiger partial charge in [-0.1, -0.05) is 12.1 Å². The van der Waals surface area contributed by atoms with Gasteiger partial charge in [0.25, 0.3) is 0 Å². The van der Waals surface area contributed by atoms with Gasteiger partial charge in [0.2, 0.25) is 5.91 Å². The van der Waals surface area contributed by atoms with Gasteiger partial charge >= 0.3 is 0 Å². The van der Waals surface area contributed by atoms with Crippen molar-refractivity contribution in [1.29, 1.82) is 0 Å². The van der Waals surface area contributed by atoms with E-state index in [0.717, 1.165) is 17.7 Å². The van der Waals surface area contributed by atoms with Gasteiger partial charge in [0.05, 0.1) is 19.0 Å². The minimum atomic E-state index is -0.191. The van der Waals surface area contributed by atoms with Gasteiger partial charge in [0.15, 0.2) is 5.96 Å². The molecular weight excluding hydrogens is 469 g/mol. The van der Waals surface area contributed by atoms with Crippen molar-refractivity contribution in [3.63, 3.8) is 0 Å². The fourth-order valence-corrected chi connectivity index (χ4v) is 2.47. The van der Waals surface area contributed by atoms with E-state index in [1.807, 2.05) is 19.9 Å². The van der Waals surface area contributed by atoms with E-state index in [9.17, 15) is 4.79 Å². The van der Waals surface area contributed by atoms with Crippen molar-refractivity contribution in [2.75, 3.05) is 32.1 Å². The molecule has 2 rings (SSSR count). The van der Waals surface area contributed by atoms with Crippen LogP contribution in [0.3, 0.4) is 0 Å². The Balaban J connectivity index is 0.00000392. The lowest BCUT2D eigenvalue weighted by molar-refractivity contribution is -0.114. The van der Waals surface area contributed by atoms with Crippen LogP contribution in [0.2, 0.25) is 0 Å². The van der Waals surface area contributed by atoms with Gasteiger partial charge in [-0.15, -0.1) is 24.0 Å². The lowest BCUT2D eigenvalue weighted by Crippen LogP contribution is -2.39. The van der Waals surface area contributed by atoms with Crippen molar-refractivity contribution in [2.45, 2.75) is 20.3 Å². The van der Waals surface area contributed by atoms with Gasteiger partial charge in [-0.05, 0) is 49.6 Å². The highest BCUT2D eigenvalue weighted by molar-refractivity contribution is 14.0. The number of carbonyl (C=O) groups is 1. The van der Waals surface area contributed by atoms with Crippen molar-refractivity contribution in [3.8, 4) is 5.75 Å². The molecule has 1 aromatic carbocycles. The number of carbonyl (C=O) groups excluding carboxylic acids is 1. The molecule has 0 aliphatic heterocycles. The predicted octanol–water partition coefficient (Wildman–Crippen LogP) is 2.75. The van der Waals surface area contributed by atoms with E-state index in [-0.39, 0.29) is 36.4 Å². The Morgan fingerprint density at radius 1 is 1.25 bits per heavy atom. The molecule has 0 aliphatic carbocycles. The summed E-state index contributed by atoms with van der Waals surface area (Å²) >= 11 is 0. The number of rotatable bonds is 8. The van der Waals surface area contributed by atoms with Gasteiger partial charge < -0.3 is 20.7 Å². The fraction of sp³-hybridized carbons (Fsp3) is 0.350. The summed E-state index contributed by atoms with van der Waals surface area (Å²) in [6.07, 6.45) is 4.08. The van der Waals surface area contributed by atoms with E-state index in [0.29, 0.717) is 24.7 Å². The summed E-state index contributed by atoms with van der Waals surface area (Å²) in [6.45, 7) is 5.45. The number of nitrogens with one attached hydrogen (secondary N) is 3. The molecule has 1 heterocycles. The summed E-state index contributed by atoms with van der Waals surface area (Å²) < 4.78 is 5.36. The molecule has 3 N–H and O–H groups in total. The largest absolute Gasteiger partial charge is 0.496 e. The quantitative estimate of drug-likeness (QED) is 0.297. The molecule has 8 heteroatoms. The summed E-state index contributed by atoms with van der Waals surface area (Å²) in [5.41, 5.74) is 2.95. The maximum atomic E-state index is 12.0. The third-order valence-corrected chi connectivity index (χ3v) is 3.85. The summed E-state index contributed by atoms with van der Waals surface area (Å²) in [7, 11) is 1.68. The van der Waals surface area contributed by atoms with Crippen molar-refractivity contribution in [2.24, 2.45) is 4.99 Å². The first kappa shape index (κ1) is 23.7. The summed E-state index contributed by atoms with van der Waals surface area (Å²) in [6, 6.07) is 9.74. The zero-order valence-corrected chi connectivity index (χ0v) is 18.8. The number of pyridine rings is 1. The first-order chi connectivity index (χ1) is 13.1. The molecule has 0 radical (unpaired) electrons. The Bertz CT molecular complexity index is 768. The molecule has 0 saturated carbocycles. The highest BCUT2D eigenvalue weighted by Crippen LogP contribution is 2.18. The van der Waals surface area contributed by atoms with Crippen LogP contribution in [-0.4, -0.2) is 43.6 Å². The third kappa shape index (κ3) is 8.12. The van der Waals surface area contributed by atoms with Crippen LogP contribution in [0.4, 0.5) is 5.69 Å². The summed E-state index contributed by atoms with van der Waals surface area (Å²) in [5, 5.41) is 9.15. The number of aromatic nitrogens is 1. The molecule has 0 spiro atoms. The number of aryl methyl sites for hydroxylation is 1. The van der Waals surface area contributed by atoms with Crippen LogP contribution in [0.15, 0.2) is 47.7 Å². The number of anilines is 1. The number of hydrogen-bond donors (Lipinski definition) is 3. The van der Waals surface area contributed by atoms with E-state index in [2.05, 4.69) is 38.1 Å². The van der Waals surface area contributed by atoms with Crippen LogP contribution in [-0.2, 0) is 11.2 Å². The van der Waals surface area contributed by atoms with Crippen LogP contribution in [0.1, 0.15) is 18.1 Å². The SMILES string of the molecule is CCNC(=NCC(=O)Nc1cccnc1)NCCc1ccc(C)c(OC)c1.I. The van der Waals surface area contributed by atoms with E-state index < -0.39 is 0 Å². The van der Waals surface area contributed by atoms with Gasteiger partial charge in [-0.3, -0.25) is 9.78 Å². The van der Waals surface area contributed by atoms with Crippen LogP contribution >= 0.6 is 24.0 Å². The molecule has 0 atom stereocenters. The molecule has 28 heavy (non-hydrogen) atoms. The number of hydrogen-bond acceptors (Lipinski definition) is 4. The van der Waals surface area contributed by atoms with Gasteiger partial charge in [-0.25, -0.2) is 4.99 Å². The number of nitrogens with zero attached hydrogens (tertiary/aromatic N) is 2. The molecule has 1 aromatic heterocycles. The lowest BCUT2D eigenvalue weighted by atomic mass is 10.1. The second kappa shape index (κ2) is 12.9. The zero-order chi connectivity index (χ0) is 19.5. The standard InChI is InChI=1S/C20H27N5O2.HI/c1-4-22-20(24-14-19(26)25-17-6-5-10-21-13-17)23-11-9-16-8-7-15(2)18(12-16)27-3;/h5-8,10,12-13H,4,9,11,14H2,1-3H3,(H,25,26)(H2,22,23,24);1H. The van der Waals surface area contributed by atoms with Crippen LogP contribution in [0.25, 0.3) is 0 Å². The molecule has 0 unspecified atom stereocenters. The maximum absolute atomic E-state index is 12.0. The Labute approximate surface area is 183 Å². The molecule has 2 aromatic rings. The van der Waals surface area contributed by atoms with E-state index >= 15 is 0 Å². The highest BCUT2D eigenvalue weighted by Gasteiger charge is 2.04. The highest BCUT2D eigenvalue weighted by atomic mass is 127. The Kier molecular flexibility index (Phi) is 10.9. The molecular formula is C20H28IN5O2. The number of aliphatic imine (C=N–C) groups is 1. The third-order valence-electron chi connectivity index (χ3n) is 3.85. The number of halogens is 1. The number of amides is 1. The second-order valence-electron chi connectivity index (χ2n) is 5.97. The monoisotopic (exact) mass is 497 g/mol. The molecule has 152 valence electrons. The lowest BCUT2D eigenvalue weighted by Gasteiger charge is -2.12. The van der Waals surface area contributed by atoms with Crippen LogP contribution in [0, 0.1) is 6.92 Å². The molecule has 0 saturated heterocycles. The second-order valence-corrected chi connectivity index (χ2v) is 5.97. The maximum Gasteiger partial charge on any atom is 0.246 e. The Morgan fingerprint density at radius 3 is 2.75 bits per heavy atom. The molecule has 1 amide bonds. The number of benzene rings is 1. The first-order valence-corrected chi connectivity index (χ1v) is 8.98. The zero-order valence-electron chi connectivity index (χ0n) is 16.5. The van der Waals surface area contributed by atoms with E-state index in [4.69, 9.17) is 4.74 Å². The summed E-state index contributed by atoms with van der Waals surface area (Å²) in [4.78, 5) is 20.3.